The van der Waals surface area contributed by atoms with Gasteiger partial charge in [0.25, 0.3) is 5.91 Å². The Balaban J connectivity index is 1.69. The number of hydrogen-bond acceptors (Lipinski definition) is 5. The number of carbonyl (C=O) groups is 1. The molecule has 0 aliphatic carbocycles. The van der Waals surface area contributed by atoms with E-state index in [-0.39, 0.29) is 23.2 Å². The molecule has 6 nitrogen and oxygen atoms in total. The van der Waals surface area contributed by atoms with Crippen molar-refractivity contribution in [1.29, 1.82) is 0 Å². The summed E-state index contributed by atoms with van der Waals surface area (Å²) in [6.45, 7) is 5.22. The van der Waals surface area contributed by atoms with Gasteiger partial charge in [-0.15, -0.1) is 0 Å². The average Bonchev–Trinajstić information content (AvgIpc) is 3.33. The van der Waals surface area contributed by atoms with Gasteiger partial charge in [0.1, 0.15) is 11.3 Å². The van der Waals surface area contributed by atoms with E-state index in [2.05, 4.69) is 0 Å². The molecule has 0 saturated carbocycles. The number of fused-ring (bicyclic) bond motifs is 1. The van der Waals surface area contributed by atoms with E-state index in [9.17, 15) is 9.59 Å². The summed E-state index contributed by atoms with van der Waals surface area (Å²) in [7, 11) is 0. The van der Waals surface area contributed by atoms with Gasteiger partial charge >= 0.3 is 0 Å². The molecule has 1 aliphatic heterocycles. The number of rotatable bonds is 5. The van der Waals surface area contributed by atoms with Gasteiger partial charge in [0.15, 0.2) is 11.2 Å². The van der Waals surface area contributed by atoms with Gasteiger partial charge in [-0.3, -0.25) is 9.59 Å². The van der Waals surface area contributed by atoms with Crippen LogP contribution in [0.25, 0.3) is 11.0 Å². The molecule has 3 aromatic rings. The Labute approximate surface area is 162 Å². The fourth-order valence-corrected chi connectivity index (χ4v) is 3.77. The summed E-state index contributed by atoms with van der Waals surface area (Å²) in [6, 6.07) is 8.61. The summed E-state index contributed by atoms with van der Waals surface area (Å²) in [5, 5.41) is 0.513. The molecule has 6 heteroatoms. The highest BCUT2D eigenvalue weighted by atomic mass is 16.5. The highest BCUT2D eigenvalue weighted by Crippen LogP contribution is 2.21. The van der Waals surface area contributed by atoms with Crippen molar-refractivity contribution >= 4 is 16.9 Å². The van der Waals surface area contributed by atoms with Crippen molar-refractivity contribution in [3.63, 3.8) is 0 Å². The van der Waals surface area contributed by atoms with Crippen LogP contribution in [0.1, 0.15) is 40.3 Å². The van der Waals surface area contributed by atoms with E-state index in [0.29, 0.717) is 36.4 Å². The first-order valence-electron chi connectivity index (χ1n) is 9.49. The maximum atomic E-state index is 13.2. The minimum absolute atomic E-state index is 0.0180. The molecule has 28 heavy (non-hydrogen) atoms. The maximum absolute atomic E-state index is 13.2. The SMILES string of the molecule is Cc1cc(C)c2c(=O)cc(C(=O)N(Cc3ccco3)C[C@H]3CCCO3)oc2c1. The summed E-state index contributed by atoms with van der Waals surface area (Å²) < 4.78 is 17.0. The Morgan fingerprint density at radius 1 is 1.25 bits per heavy atom. The third kappa shape index (κ3) is 3.73. The van der Waals surface area contributed by atoms with Crippen molar-refractivity contribution < 1.29 is 18.4 Å². The van der Waals surface area contributed by atoms with Crippen molar-refractivity contribution in [1.82, 2.24) is 4.90 Å². The number of benzene rings is 1. The number of carbonyl (C=O) groups excluding carboxylic acids is 1. The summed E-state index contributed by atoms with van der Waals surface area (Å²) in [5.74, 6) is 0.360. The van der Waals surface area contributed by atoms with Crippen LogP contribution in [0.3, 0.4) is 0 Å². The van der Waals surface area contributed by atoms with Crippen LogP contribution in [0.5, 0.6) is 0 Å². The first kappa shape index (κ1) is 18.5. The van der Waals surface area contributed by atoms with Gasteiger partial charge in [-0.2, -0.15) is 0 Å². The second-order valence-corrected chi connectivity index (χ2v) is 7.33. The largest absolute Gasteiger partial charge is 0.467 e. The zero-order chi connectivity index (χ0) is 19.7. The second-order valence-electron chi connectivity index (χ2n) is 7.33. The lowest BCUT2D eigenvalue weighted by Crippen LogP contribution is -2.37. The Morgan fingerprint density at radius 3 is 2.82 bits per heavy atom. The molecule has 0 N–H and O–H groups in total. The van der Waals surface area contributed by atoms with Gasteiger partial charge in [0, 0.05) is 19.2 Å². The predicted octanol–water partition coefficient (Wildman–Crippen LogP) is 3.82. The number of furan rings is 1. The van der Waals surface area contributed by atoms with Crippen LogP contribution in [0.4, 0.5) is 0 Å². The number of aryl methyl sites for hydroxylation is 2. The molecule has 1 atom stereocenters. The Bertz CT molecular complexity index is 1040. The molecule has 0 bridgehead atoms. The molecule has 1 fully saturated rings. The molecule has 3 heterocycles. The van der Waals surface area contributed by atoms with Gasteiger partial charge in [-0.05, 0) is 56.0 Å². The lowest BCUT2D eigenvalue weighted by molar-refractivity contribution is 0.0468. The predicted molar refractivity (Wildman–Crippen MR) is 104 cm³/mol. The van der Waals surface area contributed by atoms with Gasteiger partial charge in [0.05, 0.1) is 24.3 Å². The van der Waals surface area contributed by atoms with Gasteiger partial charge < -0.3 is 18.5 Å². The van der Waals surface area contributed by atoms with Crippen LogP contribution in [0.15, 0.2) is 50.2 Å². The summed E-state index contributed by atoms with van der Waals surface area (Å²) >= 11 is 0. The fourth-order valence-electron chi connectivity index (χ4n) is 3.77. The van der Waals surface area contributed by atoms with Crippen molar-refractivity contribution in [3.05, 3.63) is 69.5 Å². The van der Waals surface area contributed by atoms with E-state index in [1.807, 2.05) is 26.0 Å². The molecule has 0 radical (unpaired) electrons. The van der Waals surface area contributed by atoms with Crippen molar-refractivity contribution in [2.24, 2.45) is 0 Å². The third-order valence-corrected chi connectivity index (χ3v) is 5.04. The molecule has 4 rings (SSSR count). The van der Waals surface area contributed by atoms with Crippen LogP contribution in [0, 0.1) is 13.8 Å². The number of amides is 1. The zero-order valence-corrected chi connectivity index (χ0v) is 16.1. The van der Waals surface area contributed by atoms with E-state index < -0.39 is 0 Å². The summed E-state index contributed by atoms with van der Waals surface area (Å²) in [6.07, 6.45) is 3.45. The van der Waals surface area contributed by atoms with Crippen LogP contribution >= 0.6 is 0 Å². The first-order valence-corrected chi connectivity index (χ1v) is 9.49. The molecule has 146 valence electrons. The van der Waals surface area contributed by atoms with Crippen molar-refractivity contribution in [3.8, 4) is 0 Å². The van der Waals surface area contributed by atoms with Gasteiger partial charge in [-0.25, -0.2) is 0 Å². The van der Waals surface area contributed by atoms with Crippen LogP contribution in [-0.4, -0.2) is 30.1 Å². The normalized spacial score (nSPS) is 16.6. The second kappa shape index (κ2) is 7.64. The number of hydrogen-bond donors (Lipinski definition) is 0. The monoisotopic (exact) mass is 381 g/mol. The van der Waals surface area contributed by atoms with Crippen molar-refractivity contribution in [2.45, 2.75) is 39.3 Å². The zero-order valence-electron chi connectivity index (χ0n) is 16.1. The summed E-state index contributed by atoms with van der Waals surface area (Å²) in [4.78, 5) is 27.5. The van der Waals surface area contributed by atoms with Crippen molar-refractivity contribution in [2.75, 3.05) is 13.2 Å². The van der Waals surface area contributed by atoms with E-state index in [4.69, 9.17) is 13.6 Å². The Kier molecular flexibility index (Phi) is 5.05. The molecule has 2 aromatic heterocycles. The molecule has 1 saturated heterocycles. The molecule has 1 aromatic carbocycles. The topological polar surface area (TPSA) is 72.9 Å². The van der Waals surface area contributed by atoms with Gasteiger partial charge in [0.2, 0.25) is 0 Å². The fraction of sp³-hybridized carbons (Fsp3) is 0.364. The van der Waals surface area contributed by atoms with Crippen LogP contribution < -0.4 is 5.43 Å². The highest BCUT2D eigenvalue weighted by molar-refractivity contribution is 5.93. The molecule has 0 unspecified atom stereocenters. The van der Waals surface area contributed by atoms with Gasteiger partial charge in [-0.1, -0.05) is 6.07 Å². The molecule has 1 amide bonds. The minimum atomic E-state index is -0.343. The lowest BCUT2D eigenvalue weighted by atomic mass is 10.1. The van der Waals surface area contributed by atoms with Crippen LogP contribution in [-0.2, 0) is 11.3 Å². The standard InChI is InChI=1S/C22H23NO5/c1-14-9-15(2)21-18(24)11-20(28-19(21)10-14)22(25)23(12-16-5-3-7-26-16)13-17-6-4-8-27-17/h3,5,7,9-11,17H,4,6,8,12-13H2,1-2H3/t17-/m1/s1. The average molecular weight is 381 g/mol. The molecule has 1 aliphatic rings. The number of nitrogens with zero attached hydrogens (tertiary/aromatic N) is 1. The number of ether oxygens (including phenoxy) is 1. The maximum Gasteiger partial charge on any atom is 0.290 e. The first-order chi connectivity index (χ1) is 13.5. The van der Waals surface area contributed by atoms with E-state index in [1.165, 1.54) is 6.07 Å². The smallest absolute Gasteiger partial charge is 0.290 e. The van der Waals surface area contributed by atoms with E-state index >= 15 is 0 Å². The summed E-state index contributed by atoms with van der Waals surface area (Å²) in [5.41, 5.74) is 2.04. The highest BCUT2D eigenvalue weighted by Gasteiger charge is 2.26. The Morgan fingerprint density at radius 2 is 2.11 bits per heavy atom. The Hall–Kier alpha value is -2.86. The molecular weight excluding hydrogens is 358 g/mol. The molecular formula is C22H23NO5. The van der Waals surface area contributed by atoms with Crippen LogP contribution in [0.2, 0.25) is 0 Å². The minimum Gasteiger partial charge on any atom is -0.467 e. The van der Waals surface area contributed by atoms with E-state index in [0.717, 1.165) is 24.0 Å². The molecule has 0 spiro atoms. The quantitative estimate of drug-likeness (QED) is 0.672. The lowest BCUT2D eigenvalue weighted by Gasteiger charge is -2.24. The van der Waals surface area contributed by atoms with E-state index in [1.54, 1.807) is 23.3 Å². The third-order valence-electron chi connectivity index (χ3n) is 5.04.